The molecule has 0 aliphatic carbocycles. The number of aryl methyl sites for hydroxylation is 1. The summed E-state index contributed by atoms with van der Waals surface area (Å²) in [6.07, 6.45) is 1.74. The maximum absolute atomic E-state index is 11.5. The Labute approximate surface area is 94.6 Å². The molecule has 1 amide bonds. The minimum absolute atomic E-state index is 0.0344. The van der Waals surface area contributed by atoms with Crippen molar-refractivity contribution in [2.75, 3.05) is 23.7 Å². The second-order valence-electron chi connectivity index (χ2n) is 4.06. The summed E-state index contributed by atoms with van der Waals surface area (Å²) in [5, 5.41) is 2.82. The van der Waals surface area contributed by atoms with E-state index in [1.807, 2.05) is 24.8 Å². The molecule has 1 atom stereocenters. The molecule has 0 radical (unpaired) electrons. The van der Waals surface area contributed by atoms with Crippen molar-refractivity contribution in [3.05, 3.63) is 17.8 Å². The number of amides is 1. The fourth-order valence-electron chi connectivity index (χ4n) is 1.78. The molecule has 1 fully saturated rings. The molecule has 5 heteroatoms. The normalized spacial score (nSPS) is 20.8. The predicted molar refractivity (Wildman–Crippen MR) is 63.2 cm³/mol. The van der Waals surface area contributed by atoms with Crippen LogP contribution in [-0.2, 0) is 4.79 Å². The molecule has 1 aliphatic rings. The van der Waals surface area contributed by atoms with Crippen LogP contribution in [-0.4, -0.2) is 30.0 Å². The van der Waals surface area contributed by atoms with E-state index in [2.05, 4.69) is 10.3 Å². The van der Waals surface area contributed by atoms with Crippen LogP contribution in [0.3, 0.4) is 0 Å². The predicted octanol–water partition coefficient (Wildman–Crippen LogP) is 0.297. The van der Waals surface area contributed by atoms with E-state index in [9.17, 15) is 4.79 Å². The van der Waals surface area contributed by atoms with Gasteiger partial charge in [-0.1, -0.05) is 0 Å². The Bertz CT molecular complexity index is 418. The highest BCUT2D eigenvalue weighted by atomic mass is 16.2. The number of carbonyl (C=O) groups is 1. The van der Waals surface area contributed by atoms with Gasteiger partial charge < -0.3 is 16.0 Å². The van der Waals surface area contributed by atoms with Gasteiger partial charge in [0.1, 0.15) is 11.9 Å². The van der Waals surface area contributed by atoms with Crippen LogP contribution in [0.15, 0.2) is 12.3 Å². The van der Waals surface area contributed by atoms with Crippen molar-refractivity contribution in [3.63, 3.8) is 0 Å². The van der Waals surface area contributed by atoms with E-state index in [-0.39, 0.29) is 11.9 Å². The van der Waals surface area contributed by atoms with Gasteiger partial charge in [0, 0.05) is 31.0 Å². The highest BCUT2D eigenvalue weighted by Gasteiger charge is 2.26. The van der Waals surface area contributed by atoms with Crippen molar-refractivity contribution in [3.8, 4) is 0 Å². The number of hydrogen-bond acceptors (Lipinski definition) is 4. The van der Waals surface area contributed by atoms with Crippen molar-refractivity contribution in [1.29, 1.82) is 0 Å². The molecule has 2 heterocycles. The van der Waals surface area contributed by atoms with E-state index in [0.717, 1.165) is 17.9 Å². The molecule has 5 nitrogen and oxygen atoms in total. The summed E-state index contributed by atoms with van der Waals surface area (Å²) in [6.45, 7) is 5.20. The van der Waals surface area contributed by atoms with E-state index < -0.39 is 0 Å². The second kappa shape index (κ2) is 4.00. The van der Waals surface area contributed by atoms with Gasteiger partial charge in [-0.15, -0.1) is 0 Å². The van der Waals surface area contributed by atoms with Crippen molar-refractivity contribution in [1.82, 2.24) is 10.3 Å². The molecule has 1 unspecified atom stereocenters. The Morgan fingerprint density at radius 3 is 3.06 bits per heavy atom. The number of nitrogens with one attached hydrogen (secondary N) is 1. The molecule has 3 N–H and O–H groups in total. The van der Waals surface area contributed by atoms with Crippen LogP contribution in [0.1, 0.15) is 12.5 Å². The molecule has 0 saturated carbocycles. The zero-order chi connectivity index (χ0) is 11.7. The van der Waals surface area contributed by atoms with Gasteiger partial charge >= 0.3 is 0 Å². The molecular formula is C11H16N4O. The molecule has 2 rings (SSSR count). The summed E-state index contributed by atoms with van der Waals surface area (Å²) in [7, 11) is 0. The van der Waals surface area contributed by atoms with Crippen LogP contribution < -0.4 is 16.0 Å². The van der Waals surface area contributed by atoms with Crippen LogP contribution >= 0.6 is 0 Å². The topological polar surface area (TPSA) is 71.2 Å². The fraction of sp³-hybridized carbons (Fsp3) is 0.455. The van der Waals surface area contributed by atoms with Gasteiger partial charge in [-0.3, -0.25) is 4.79 Å². The molecule has 86 valence electrons. The number of anilines is 2. The van der Waals surface area contributed by atoms with Gasteiger partial charge in [-0.05, 0) is 19.4 Å². The van der Waals surface area contributed by atoms with Crippen molar-refractivity contribution in [2.45, 2.75) is 19.9 Å². The lowest BCUT2D eigenvalue weighted by atomic mass is 10.2. The lowest BCUT2D eigenvalue weighted by Gasteiger charge is -2.33. The van der Waals surface area contributed by atoms with E-state index in [1.165, 1.54) is 0 Å². The van der Waals surface area contributed by atoms with Crippen LogP contribution in [0.25, 0.3) is 0 Å². The van der Waals surface area contributed by atoms with E-state index in [0.29, 0.717) is 12.2 Å². The van der Waals surface area contributed by atoms with Gasteiger partial charge in [0.15, 0.2) is 0 Å². The molecule has 1 aliphatic heterocycles. The first kappa shape index (κ1) is 10.7. The average Bonchev–Trinajstić information content (AvgIpc) is 2.26. The van der Waals surface area contributed by atoms with Crippen LogP contribution in [0.2, 0.25) is 0 Å². The number of nitrogen functional groups attached to an aromatic ring is 1. The van der Waals surface area contributed by atoms with Gasteiger partial charge in [0.2, 0.25) is 5.91 Å². The number of hydrogen-bond donors (Lipinski definition) is 2. The monoisotopic (exact) mass is 220 g/mol. The first-order valence-corrected chi connectivity index (χ1v) is 5.36. The number of nitrogens with zero attached hydrogens (tertiary/aromatic N) is 2. The summed E-state index contributed by atoms with van der Waals surface area (Å²) in [5.74, 6) is 0.803. The first-order chi connectivity index (χ1) is 7.59. The molecule has 0 aromatic carbocycles. The summed E-state index contributed by atoms with van der Waals surface area (Å²) in [6, 6.07) is 1.63. The number of carbonyl (C=O) groups excluding carboxylic acids is 1. The Morgan fingerprint density at radius 2 is 2.38 bits per heavy atom. The maximum Gasteiger partial charge on any atom is 0.242 e. The third-order valence-electron chi connectivity index (χ3n) is 2.92. The van der Waals surface area contributed by atoms with Gasteiger partial charge in [0.25, 0.3) is 0 Å². The Balaban J connectivity index is 2.29. The average molecular weight is 220 g/mol. The summed E-state index contributed by atoms with van der Waals surface area (Å²) in [4.78, 5) is 17.8. The zero-order valence-corrected chi connectivity index (χ0v) is 9.53. The number of rotatable bonds is 1. The van der Waals surface area contributed by atoms with Crippen LogP contribution in [0.5, 0.6) is 0 Å². The van der Waals surface area contributed by atoms with Gasteiger partial charge in [-0.2, -0.15) is 0 Å². The third-order valence-corrected chi connectivity index (χ3v) is 2.92. The van der Waals surface area contributed by atoms with E-state index in [4.69, 9.17) is 5.73 Å². The van der Waals surface area contributed by atoms with E-state index in [1.54, 1.807) is 6.20 Å². The van der Waals surface area contributed by atoms with Crippen molar-refractivity contribution < 1.29 is 4.79 Å². The maximum atomic E-state index is 11.5. The quantitative estimate of drug-likeness (QED) is 0.714. The number of aromatic nitrogens is 1. The van der Waals surface area contributed by atoms with Crippen LogP contribution in [0.4, 0.5) is 11.5 Å². The summed E-state index contributed by atoms with van der Waals surface area (Å²) in [5.41, 5.74) is 7.51. The third kappa shape index (κ3) is 1.80. The highest BCUT2D eigenvalue weighted by Crippen LogP contribution is 2.20. The molecule has 16 heavy (non-hydrogen) atoms. The lowest BCUT2D eigenvalue weighted by molar-refractivity contribution is -0.122. The summed E-state index contributed by atoms with van der Waals surface area (Å²) >= 11 is 0. The van der Waals surface area contributed by atoms with Crippen molar-refractivity contribution in [2.24, 2.45) is 0 Å². The number of pyridine rings is 1. The second-order valence-corrected chi connectivity index (χ2v) is 4.06. The standard InChI is InChI=1S/C11H16N4O/c1-7-6-14-10(5-9(7)12)15-4-3-13-11(16)8(15)2/h5-6,8H,3-4H2,1-2H3,(H2,12,14)(H,13,16). The van der Waals surface area contributed by atoms with Gasteiger partial charge in [0.05, 0.1) is 0 Å². The Morgan fingerprint density at radius 1 is 1.62 bits per heavy atom. The SMILES string of the molecule is Cc1cnc(N2CCNC(=O)C2C)cc1N. The fourth-order valence-corrected chi connectivity index (χ4v) is 1.78. The smallest absolute Gasteiger partial charge is 0.242 e. The number of piperazine rings is 1. The molecule has 1 aromatic rings. The number of nitrogens with two attached hydrogens (primary N) is 1. The molecule has 1 saturated heterocycles. The minimum atomic E-state index is -0.191. The molecule has 0 spiro atoms. The highest BCUT2D eigenvalue weighted by molar-refractivity contribution is 5.85. The molecule has 1 aromatic heterocycles. The van der Waals surface area contributed by atoms with Crippen LogP contribution in [0, 0.1) is 6.92 Å². The first-order valence-electron chi connectivity index (χ1n) is 5.36. The summed E-state index contributed by atoms with van der Waals surface area (Å²) < 4.78 is 0. The largest absolute Gasteiger partial charge is 0.398 e. The molecule has 0 bridgehead atoms. The van der Waals surface area contributed by atoms with Crippen molar-refractivity contribution >= 4 is 17.4 Å². The van der Waals surface area contributed by atoms with Gasteiger partial charge in [-0.25, -0.2) is 4.98 Å². The lowest BCUT2D eigenvalue weighted by Crippen LogP contribution is -2.54. The Hall–Kier alpha value is -1.78. The zero-order valence-electron chi connectivity index (χ0n) is 9.53. The Kier molecular flexibility index (Phi) is 2.68. The minimum Gasteiger partial charge on any atom is -0.398 e. The van der Waals surface area contributed by atoms with E-state index >= 15 is 0 Å². The molecular weight excluding hydrogens is 204 g/mol.